The Bertz CT molecular complexity index is 1050. The lowest BCUT2D eigenvalue weighted by Crippen LogP contribution is -2.08. The predicted molar refractivity (Wildman–Crippen MR) is 91.2 cm³/mol. The minimum absolute atomic E-state index is 0.356. The molecule has 3 rings (SSSR count). The van der Waals surface area contributed by atoms with Gasteiger partial charge in [-0.1, -0.05) is 6.07 Å². The molecule has 0 spiro atoms. The first-order valence-corrected chi connectivity index (χ1v) is 7.41. The summed E-state index contributed by atoms with van der Waals surface area (Å²) in [5, 5.41) is 3.39. The van der Waals surface area contributed by atoms with E-state index in [0.717, 1.165) is 23.1 Å². The number of halogens is 2. The summed E-state index contributed by atoms with van der Waals surface area (Å²) in [5.41, 5.74) is 1.48. The van der Waals surface area contributed by atoms with E-state index in [1.165, 1.54) is 24.3 Å². The maximum absolute atomic E-state index is 13.1. The second-order valence-corrected chi connectivity index (χ2v) is 5.46. The zero-order valence-corrected chi connectivity index (χ0v) is 13.2. The molecule has 0 saturated carbocycles. The van der Waals surface area contributed by atoms with E-state index in [4.69, 9.17) is 4.42 Å². The molecule has 1 amide bonds. The molecule has 0 aliphatic rings. The number of nitrogens with one attached hydrogen (secondary N) is 1. The van der Waals surface area contributed by atoms with Crippen LogP contribution in [0.4, 0.5) is 14.5 Å². The summed E-state index contributed by atoms with van der Waals surface area (Å²) < 4.78 is 31.1. The average molecular weight is 341 g/mol. The van der Waals surface area contributed by atoms with Gasteiger partial charge in [0.15, 0.2) is 11.6 Å². The van der Waals surface area contributed by atoms with Crippen LogP contribution in [0.25, 0.3) is 17.0 Å². The highest BCUT2D eigenvalue weighted by molar-refractivity contribution is 6.02. The first kappa shape index (κ1) is 16.6. The van der Waals surface area contributed by atoms with Crippen molar-refractivity contribution in [1.29, 1.82) is 0 Å². The van der Waals surface area contributed by atoms with E-state index in [1.54, 1.807) is 25.1 Å². The van der Waals surface area contributed by atoms with Crippen molar-refractivity contribution in [2.45, 2.75) is 6.92 Å². The molecule has 1 heterocycles. The third-order valence-corrected chi connectivity index (χ3v) is 3.59. The Labute approximate surface area is 141 Å². The van der Waals surface area contributed by atoms with Crippen molar-refractivity contribution in [2.75, 3.05) is 5.32 Å². The number of hydrogen-bond acceptors (Lipinski definition) is 3. The third kappa shape index (κ3) is 3.80. The van der Waals surface area contributed by atoms with E-state index < -0.39 is 23.2 Å². The Morgan fingerprint density at radius 2 is 1.88 bits per heavy atom. The largest absolute Gasteiger partial charge is 0.423 e. The zero-order valence-electron chi connectivity index (χ0n) is 13.2. The predicted octanol–water partition coefficient (Wildman–Crippen LogP) is 4.03. The highest BCUT2D eigenvalue weighted by Crippen LogP contribution is 2.20. The number of carbonyl (C=O) groups excluding carboxylic acids is 1. The van der Waals surface area contributed by atoms with E-state index in [2.05, 4.69) is 5.32 Å². The summed E-state index contributed by atoms with van der Waals surface area (Å²) in [7, 11) is 0. The van der Waals surface area contributed by atoms with E-state index in [1.807, 2.05) is 0 Å². The standard InChI is InChI=1S/C19H13F2NO3/c1-11-8-19(24)25-17-10-13(4-5-14(11)17)22-18(23)7-3-12-2-6-15(20)16(21)9-12/h2-10H,1H3,(H,22,23)/b7-3+. The van der Waals surface area contributed by atoms with Crippen molar-refractivity contribution < 1.29 is 18.0 Å². The lowest BCUT2D eigenvalue weighted by atomic mass is 10.1. The van der Waals surface area contributed by atoms with Gasteiger partial charge in [0.2, 0.25) is 5.91 Å². The summed E-state index contributed by atoms with van der Waals surface area (Å²) in [4.78, 5) is 23.4. The molecule has 6 heteroatoms. The second-order valence-electron chi connectivity index (χ2n) is 5.46. The van der Waals surface area contributed by atoms with Gasteiger partial charge in [-0.2, -0.15) is 0 Å². The summed E-state index contributed by atoms with van der Waals surface area (Å²) in [5.74, 6) is -2.39. The van der Waals surface area contributed by atoms with Crippen LogP contribution in [0, 0.1) is 18.6 Å². The molecule has 0 bridgehead atoms. The molecule has 2 aromatic carbocycles. The SMILES string of the molecule is Cc1cc(=O)oc2cc(NC(=O)/C=C/c3ccc(F)c(F)c3)ccc12. The molecule has 0 aliphatic heterocycles. The first-order valence-electron chi connectivity index (χ1n) is 7.41. The fourth-order valence-corrected chi connectivity index (χ4v) is 2.37. The van der Waals surface area contributed by atoms with Gasteiger partial charge in [0.05, 0.1) is 0 Å². The molecular weight excluding hydrogens is 328 g/mol. The van der Waals surface area contributed by atoms with Gasteiger partial charge < -0.3 is 9.73 Å². The highest BCUT2D eigenvalue weighted by Gasteiger charge is 2.05. The van der Waals surface area contributed by atoms with Crippen LogP contribution in [0.5, 0.6) is 0 Å². The number of aryl methyl sites for hydroxylation is 1. The molecule has 0 unspecified atom stereocenters. The zero-order chi connectivity index (χ0) is 18.0. The number of rotatable bonds is 3. The third-order valence-electron chi connectivity index (χ3n) is 3.59. The fourth-order valence-electron chi connectivity index (χ4n) is 2.37. The molecule has 0 fully saturated rings. The number of hydrogen-bond donors (Lipinski definition) is 1. The van der Waals surface area contributed by atoms with Crippen molar-refractivity contribution >= 4 is 28.6 Å². The topological polar surface area (TPSA) is 59.3 Å². The molecule has 0 radical (unpaired) electrons. The van der Waals surface area contributed by atoms with Crippen LogP contribution >= 0.6 is 0 Å². The van der Waals surface area contributed by atoms with Crippen LogP contribution < -0.4 is 10.9 Å². The van der Waals surface area contributed by atoms with Crippen LogP contribution in [0.3, 0.4) is 0 Å². The number of carbonyl (C=O) groups is 1. The lowest BCUT2D eigenvalue weighted by Gasteiger charge is -2.05. The van der Waals surface area contributed by atoms with Gasteiger partial charge in [0, 0.05) is 29.3 Å². The van der Waals surface area contributed by atoms with Gasteiger partial charge in [0.1, 0.15) is 5.58 Å². The van der Waals surface area contributed by atoms with Crippen LogP contribution in [-0.4, -0.2) is 5.91 Å². The molecular formula is C19H13F2NO3. The second kappa shape index (κ2) is 6.68. The molecule has 0 atom stereocenters. The summed E-state index contributed by atoms with van der Waals surface area (Å²) in [6.45, 7) is 1.79. The monoisotopic (exact) mass is 341 g/mol. The molecule has 0 aliphatic carbocycles. The Balaban J connectivity index is 1.78. The van der Waals surface area contributed by atoms with Crippen LogP contribution in [0.2, 0.25) is 0 Å². The summed E-state index contributed by atoms with van der Waals surface area (Å²) in [6, 6.07) is 9.70. The normalized spacial score (nSPS) is 11.2. The molecule has 126 valence electrons. The van der Waals surface area contributed by atoms with Crippen molar-refractivity contribution in [1.82, 2.24) is 0 Å². The maximum Gasteiger partial charge on any atom is 0.336 e. The van der Waals surface area contributed by atoms with E-state index >= 15 is 0 Å². The number of amides is 1. The number of fused-ring (bicyclic) bond motifs is 1. The Morgan fingerprint density at radius 3 is 2.64 bits per heavy atom. The molecule has 1 aromatic heterocycles. The van der Waals surface area contributed by atoms with E-state index in [0.29, 0.717) is 16.8 Å². The van der Waals surface area contributed by atoms with Gasteiger partial charge in [0.25, 0.3) is 0 Å². The molecule has 0 saturated heterocycles. The van der Waals surface area contributed by atoms with Gasteiger partial charge in [-0.25, -0.2) is 13.6 Å². The Kier molecular flexibility index (Phi) is 4.43. The Hall–Kier alpha value is -3.28. The summed E-state index contributed by atoms with van der Waals surface area (Å²) >= 11 is 0. The Morgan fingerprint density at radius 1 is 1.08 bits per heavy atom. The number of anilines is 1. The maximum atomic E-state index is 13.1. The van der Waals surface area contributed by atoms with Crippen LogP contribution in [0.15, 0.2) is 57.8 Å². The quantitative estimate of drug-likeness (QED) is 0.578. The van der Waals surface area contributed by atoms with Gasteiger partial charge in [-0.05, 0) is 48.4 Å². The van der Waals surface area contributed by atoms with Crippen molar-refractivity contribution in [3.05, 3.63) is 81.7 Å². The molecule has 25 heavy (non-hydrogen) atoms. The summed E-state index contributed by atoms with van der Waals surface area (Å²) in [6.07, 6.45) is 2.56. The average Bonchev–Trinajstić information content (AvgIpc) is 2.55. The van der Waals surface area contributed by atoms with E-state index in [-0.39, 0.29) is 0 Å². The van der Waals surface area contributed by atoms with Gasteiger partial charge >= 0.3 is 5.63 Å². The molecule has 1 N–H and O–H groups in total. The smallest absolute Gasteiger partial charge is 0.336 e. The van der Waals surface area contributed by atoms with Gasteiger partial charge in [-0.3, -0.25) is 4.79 Å². The first-order chi connectivity index (χ1) is 11.9. The van der Waals surface area contributed by atoms with Gasteiger partial charge in [-0.15, -0.1) is 0 Å². The molecule has 3 aromatic rings. The van der Waals surface area contributed by atoms with E-state index in [9.17, 15) is 18.4 Å². The van der Waals surface area contributed by atoms with Crippen LogP contribution in [0.1, 0.15) is 11.1 Å². The minimum atomic E-state index is -0.984. The van der Waals surface area contributed by atoms with Crippen molar-refractivity contribution in [2.24, 2.45) is 0 Å². The molecule has 4 nitrogen and oxygen atoms in total. The van der Waals surface area contributed by atoms with Crippen LogP contribution in [-0.2, 0) is 4.79 Å². The minimum Gasteiger partial charge on any atom is -0.423 e. The fraction of sp³-hybridized carbons (Fsp3) is 0.0526. The number of benzene rings is 2. The van der Waals surface area contributed by atoms with Crippen molar-refractivity contribution in [3.63, 3.8) is 0 Å². The highest BCUT2D eigenvalue weighted by atomic mass is 19.2. The van der Waals surface area contributed by atoms with Crippen molar-refractivity contribution in [3.8, 4) is 0 Å². The lowest BCUT2D eigenvalue weighted by molar-refractivity contribution is -0.111.